The summed E-state index contributed by atoms with van der Waals surface area (Å²) in [6, 6.07) is 0.919. The molecule has 1 N–H and O–H groups in total. The van der Waals surface area contributed by atoms with E-state index in [1.807, 2.05) is 6.20 Å². The van der Waals surface area contributed by atoms with Crippen LogP contribution in [0.4, 0.5) is 0 Å². The fourth-order valence-corrected chi connectivity index (χ4v) is 4.11. The van der Waals surface area contributed by atoms with Crippen LogP contribution < -0.4 is 5.32 Å². The zero-order valence-electron chi connectivity index (χ0n) is 12.3. The number of nitrogens with one attached hydrogen (secondary N) is 1. The molecule has 0 aromatic carbocycles. The molecule has 0 amide bonds. The Morgan fingerprint density at radius 1 is 1.29 bits per heavy atom. The van der Waals surface area contributed by atoms with Gasteiger partial charge in [-0.15, -0.1) is 11.3 Å². The standard InChI is InChI=1S/C15H23N3O2S/c1-2-12(1)18-4-3-11(10-18)7-16-9-14-17-8-13(21-14)15-19-5-6-20-15/h8,11-12,15-16H,1-7,9-10H2/t11-/m1/s1. The van der Waals surface area contributed by atoms with Crippen molar-refractivity contribution >= 4 is 11.3 Å². The molecule has 3 fully saturated rings. The molecule has 1 aliphatic carbocycles. The van der Waals surface area contributed by atoms with Gasteiger partial charge < -0.3 is 19.7 Å². The van der Waals surface area contributed by atoms with Crippen LogP contribution in [0.25, 0.3) is 0 Å². The van der Waals surface area contributed by atoms with Gasteiger partial charge in [-0.1, -0.05) is 0 Å². The summed E-state index contributed by atoms with van der Waals surface area (Å²) in [5.41, 5.74) is 0. The highest BCUT2D eigenvalue weighted by molar-refractivity contribution is 7.11. The van der Waals surface area contributed by atoms with Crippen molar-refractivity contribution in [2.75, 3.05) is 32.8 Å². The van der Waals surface area contributed by atoms with Crippen molar-refractivity contribution < 1.29 is 9.47 Å². The summed E-state index contributed by atoms with van der Waals surface area (Å²) in [5.74, 6) is 0.812. The van der Waals surface area contributed by atoms with Crippen LogP contribution in [0.2, 0.25) is 0 Å². The Kier molecular flexibility index (Phi) is 4.23. The van der Waals surface area contributed by atoms with Crippen LogP contribution in [0.3, 0.4) is 0 Å². The first-order valence-corrected chi connectivity index (χ1v) is 8.83. The molecule has 6 heteroatoms. The highest BCUT2D eigenvalue weighted by Gasteiger charge is 2.34. The lowest BCUT2D eigenvalue weighted by atomic mass is 10.1. The van der Waals surface area contributed by atoms with E-state index < -0.39 is 0 Å². The summed E-state index contributed by atoms with van der Waals surface area (Å²) >= 11 is 1.69. The van der Waals surface area contributed by atoms with Gasteiger partial charge in [0.2, 0.25) is 0 Å². The zero-order valence-corrected chi connectivity index (χ0v) is 13.1. The van der Waals surface area contributed by atoms with E-state index in [1.165, 1.54) is 32.4 Å². The van der Waals surface area contributed by atoms with Crippen LogP contribution >= 0.6 is 11.3 Å². The second-order valence-corrected chi connectivity index (χ2v) is 7.39. The molecule has 0 spiro atoms. The molecule has 3 heterocycles. The minimum absolute atomic E-state index is 0.182. The molecule has 1 saturated carbocycles. The van der Waals surface area contributed by atoms with Crippen molar-refractivity contribution in [2.24, 2.45) is 5.92 Å². The van der Waals surface area contributed by atoms with Crippen molar-refractivity contribution in [3.63, 3.8) is 0 Å². The maximum absolute atomic E-state index is 5.50. The van der Waals surface area contributed by atoms with Crippen molar-refractivity contribution in [1.29, 1.82) is 0 Å². The third kappa shape index (κ3) is 3.46. The first kappa shape index (κ1) is 14.1. The van der Waals surface area contributed by atoms with Crippen molar-refractivity contribution in [2.45, 2.75) is 38.1 Å². The first-order chi connectivity index (χ1) is 10.4. The molecule has 5 nitrogen and oxygen atoms in total. The molecule has 2 aliphatic heterocycles. The average Bonchev–Trinajstić information content (AvgIpc) is 2.96. The largest absolute Gasteiger partial charge is 0.345 e. The van der Waals surface area contributed by atoms with Crippen LogP contribution in [-0.2, 0) is 16.0 Å². The lowest BCUT2D eigenvalue weighted by Crippen LogP contribution is -2.27. The van der Waals surface area contributed by atoms with Crippen molar-refractivity contribution in [3.8, 4) is 0 Å². The van der Waals surface area contributed by atoms with Crippen LogP contribution in [0.5, 0.6) is 0 Å². The van der Waals surface area contributed by atoms with Gasteiger partial charge >= 0.3 is 0 Å². The first-order valence-electron chi connectivity index (χ1n) is 8.01. The molecular formula is C15H23N3O2S. The Morgan fingerprint density at radius 3 is 2.95 bits per heavy atom. The molecule has 116 valence electrons. The lowest BCUT2D eigenvalue weighted by Gasteiger charge is -2.14. The Morgan fingerprint density at radius 2 is 2.14 bits per heavy atom. The predicted octanol–water partition coefficient (Wildman–Crippen LogP) is 1.76. The molecule has 1 aromatic rings. The highest BCUT2D eigenvalue weighted by atomic mass is 32.1. The van der Waals surface area contributed by atoms with E-state index in [9.17, 15) is 0 Å². The minimum Gasteiger partial charge on any atom is -0.345 e. The quantitative estimate of drug-likeness (QED) is 0.868. The topological polar surface area (TPSA) is 46.6 Å². The van der Waals surface area contributed by atoms with Gasteiger partial charge in [0.25, 0.3) is 0 Å². The Bertz CT molecular complexity index is 471. The Hall–Kier alpha value is -0.530. The normalized spacial score (nSPS) is 27.7. The second-order valence-electron chi connectivity index (χ2n) is 6.24. The van der Waals surface area contributed by atoms with E-state index in [-0.39, 0.29) is 6.29 Å². The molecular weight excluding hydrogens is 286 g/mol. The van der Waals surface area contributed by atoms with Gasteiger partial charge in [0.15, 0.2) is 6.29 Å². The van der Waals surface area contributed by atoms with Gasteiger partial charge in [-0.2, -0.15) is 0 Å². The highest BCUT2D eigenvalue weighted by Crippen LogP contribution is 2.31. The summed E-state index contributed by atoms with van der Waals surface area (Å²) in [6.07, 6.45) is 5.90. The number of likely N-dealkylation sites (tertiary alicyclic amines) is 1. The third-order valence-corrected chi connectivity index (χ3v) is 5.53. The SMILES string of the molecule is c1nc(CNC[C@H]2CCN(C3CC3)C2)sc1C1OCCO1. The summed E-state index contributed by atoms with van der Waals surface area (Å²) in [4.78, 5) is 8.22. The molecule has 3 aliphatic rings. The van der Waals surface area contributed by atoms with Gasteiger partial charge in [0.1, 0.15) is 5.01 Å². The van der Waals surface area contributed by atoms with Crippen molar-refractivity contribution in [1.82, 2.24) is 15.2 Å². The van der Waals surface area contributed by atoms with Gasteiger partial charge in [0, 0.05) is 25.3 Å². The number of aromatic nitrogens is 1. The number of ether oxygens (including phenoxy) is 2. The average molecular weight is 309 g/mol. The number of thiazole rings is 1. The van der Waals surface area contributed by atoms with Crippen LogP contribution in [0.15, 0.2) is 6.20 Å². The van der Waals surface area contributed by atoms with E-state index in [2.05, 4.69) is 15.2 Å². The van der Waals surface area contributed by atoms with E-state index in [4.69, 9.17) is 9.47 Å². The van der Waals surface area contributed by atoms with Crippen LogP contribution in [-0.4, -0.2) is 48.8 Å². The Balaban J connectivity index is 1.20. The molecule has 21 heavy (non-hydrogen) atoms. The molecule has 1 atom stereocenters. The summed E-state index contributed by atoms with van der Waals surface area (Å²) in [7, 11) is 0. The summed E-state index contributed by atoms with van der Waals surface area (Å²) in [6.45, 7) is 5.93. The zero-order chi connectivity index (χ0) is 14.1. The molecule has 0 bridgehead atoms. The number of rotatable bonds is 6. The Labute approximate surface area is 129 Å². The third-order valence-electron chi connectivity index (χ3n) is 4.52. The molecule has 2 saturated heterocycles. The fraction of sp³-hybridized carbons (Fsp3) is 0.800. The molecule has 1 aromatic heterocycles. The van der Waals surface area contributed by atoms with E-state index in [0.717, 1.165) is 34.9 Å². The van der Waals surface area contributed by atoms with Gasteiger partial charge in [-0.3, -0.25) is 0 Å². The summed E-state index contributed by atoms with van der Waals surface area (Å²) < 4.78 is 11.0. The number of hydrogen-bond donors (Lipinski definition) is 1. The number of hydrogen-bond acceptors (Lipinski definition) is 6. The van der Waals surface area contributed by atoms with Gasteiger partial charge in [0.05, 0.1) is 18.1 Å². The summed E-state index contributed by atoms with van der Waals surface area (Å²) in [5, 5.41) is 4.69. The van der Waals surface area contributed by atoms with Crippen LogP contribution in [0.1, 0.15) is 35.4 Å². The van der Waals surface area contributed by atoms with E-state index in [0.29, 0.717) is 13.2 Å². The smallest absolute Gasteiger partial charge is 0.194 e. The lowest BCUT2D eigenvalue weighted by molar-refractivity contribution is -0.0414. The molecule has 4 rings (SSSR count). The maximum Gasteiger partial charge on any atom is 0.194 e. The number of nitrogens with zero attached hydrogens (tertiary/aromatic N) is 2. The molecule has 0 unspecified atom stereocenters. The molecule has 0 radical (unpaired) electrons. The van der Waals surface area contributed by atoms with Crippen molar-refractivity contribution in [3.05, 3.63) is 16.1 Å². The predicted molar refractivity (Wildman–Crippen MR) is 81.2 cm³/mol. The van der Waals surface area contributed by atoms with Gasteiger partial charge in [-0.05, 0) is 38.3 Å². The van der Waals surface area contributed by atoms with Gasteiger partial charge in [-0.25, -0.2) is 4.98 Å². The van der Waals surface area contributed by atoms with Crippen LogP contribution in [0, 0.1) is 5.92 Å². The monoisotopic (exact) mass is 309 g/mol. The minimum atomic E-state index is -0.182. The van der Waals surface area contributed by atoms with E-state index in [1.54, 1.807) is 11.3 Å². The maximum atomic E-state index is 5.50. The second kappa shape index (κ2) is 6.30. The fourth-order valence-electron chi connectivity index (χ4n) is 3.22. The van der Waals surface area contributed by atoms with E-state index >= 15 is 0 Å².